The summed E-state index contributed by atoms with van der Waals surface area (Å²) in [6.45, 7) is 6.19. The molecule has 0 unspecified atom stereocenters. The summed E-state index contributed by atoms with van der Waals surface area (Å²) in [5, 5.41) is 20.5. The van der Waals surface area contributed by atoms with Crippen molar-refractivity contribution in [3.05, 3.63) is 18.1 Å². The summed E-state index contributed by atoms with van der Waals surface area (Å²) in [4.78, 5) is 37.0. The molecule has 0 bridgehead atoms. The molecule has 28 heavy (non-hydrogen) atoms. The number of amides is 1. The van der Waals surface area contributed by atoms with Gasteiger partial charge in [-0.2, -0.15) is 0 Å². The molecular formula is C20H30N4O4. The number of carbonyl (C=O) groups is 2. The molecule has 154 valence electrons. The molecule has 0 aliphatic carbocycles. The van der Waals surface area contributed by atoms with Crippen molar-refractivity contribution < 1.29 is 19.8 Å². The topological polar surface area (TPSA) is 107 Å². The monoisotopic (exact) mass is 390 g/mol. The van der Waals surface area contributed by atoms with Gasteiger partial charge < -0.3 is 20.0 Å². The number of aliphatic hydroxyl groups is 1. The van der Waals surface area contributed by atoms with Crippen LogP contribution in [0.5, 0.6) is 0 Å². The highest BCUT2D eigenvalue weighted by atomic mass is 16.4. The van der Waals surface area contributed by atoms with Crippen molar-refractivity contribution in [1.29, 1.82) is 0 Å². The number of anilines is 1. The Morgan fingerprint density at radius 1 is 1.25 bits per heavy atom. The lowest BCUT2D eigenvalue weighted by Crippen LogP contribution is -2.56. The van der Waals surface area contributed by atoms with Gasteiger partial charge in [-0.1, -0.05) is 13.8 Å². The lowest BCUT2D eigenvalue weighted by Gasteiger charge is -2.44. The Bertz CT molecular complexity index is 720. The van der Waals surface area contributed by atoms with Crippen LogP contribution in [0.2, 0.25) is 0 Å². The highest BCUT2D eigenvalue weighted by Crippen LogP contribution is 2.38. The molecule has 0 saturated carbocycles. The Morgan fingerprint density at radius 3 is 2.61 bits per heavy atom. The van der Waals surface area contributed by atoms with Crippen LogP contribution >= 0.6 is 0 Å². The number of carboxylic acid groups (broad SMARTS) is 1. The van der Waals surface area contributed by atoms with E-state index in [0.29, 0.717) is 31.1 Å². The van der Waals surface area contributed by atoms with Crippen LogP contribution in [0.1, 0.15) is 56.4 Å². The van der Waals surface area contributed by atoms with Crippen LogP contribution < -0.4 is 4.90 Å². The predicted octanol–water partition coefficient (Wildman–Crippen LogP) is 1.79. The molecule has 0 radical (unpaired) electrons. The largest absolute Gasteiger partial charge is 0.481 e. The van der Waals surface area contributed by atoms with Crippen molar-refractivity contribution in [3.8, 4) is 0 Å². The Hall–Kier alpha value is -2.22. The minimum Gasteiger partial charge on any atom is -0.481 e. The van der Waals surface area contributed by atoms with Gasteiger partial charge in [0.1, 0.15) is 16.9 Å². The van der Waals surface area contributed by atoms with Crippen molar-refractivity contribution in [2.45, 2.75) is 52.1 Å². The summed E-state index contributed by atoms with van der Waals surface area (Å²) in [6.07, 6.45) is 5.59. The number of rotatable bonds is 6. The van der Waals surface area contributed by atoms with Crippen LogP contribution in [0.15, 0.2) is 12.4 Å². The first-order valence-corrected chi connectivity index (χ1v) is 10.1. The van der Waals surface area contributed by atoms with Crippen molar-refractivity contribution in [1.82, 2.24) is 14.9 Å². The van der Waals surface area contributed by atoms with Gasteiger partial charge in [0.2, 0.25) is 0 Å². The van der Waals surface area contributed by atoms with Crippen LogP contribution in [-0.4, -0.2) is 69.2 Å². The maximum absolute atomic E-state index is 12.6. The van der Waals surface area contributed by atoms with Gasteiger partial charge in [0.05, 0.1) is 18.5 Å². The fourth-order valence-electron chi connectivity index (χ4n) is 4.08. The van der Waals surface area contributed by atoms with E-state index in [1.807, 2.05) is 18.7 Å². The maximum atomic E-state index is 12.6. The molecule has 1 aromatic rings. The fraction of sp³-hybridized carbons (Fsp3) is 0.700. The van der Waals surface area contributed by atoms with Crippen LogP contribution in [0, 0.1) is 11.3 Å². The van der Waals surface area contributed by atoms with Gasteiger partial charge in [-0.3, -0.25) is 14.6 Å². The summed E-state index contributed by atoms with van der Waals surface area (Å²) < 4.78 is 0. The molecule has 2 N–H and O–H groups in total. The van der Waals surface area contributed by atoms with Crippen molar-refractivity contribution in [2.24, 2.45) is 11.3 Å². The Kier molecular flexibility index (Phi) is 6.17. The summed E-state index contributed by atoms with van der Waals surface area (Å²) in [5.41, 5.74) is -0.951. The van der Waals surface area contributed by atoms with Gasteiger partial charge in [-0.05, 0) is 38.0 Å². The highest BCUT2D eigenvalue weighted by molar-refractivity contribution is 5.92. The van der Waals surface area contributed by atoms with Crippen molar-refractivity contribution in [3.63, 3.8) is 0 Å². The number of aliphatic carboxylic acids is 1. The number of aliphatic hydroxyl groups excluding tert-OH is 1. The molecule has 0 spiro atoms. The first-order valence-electron chi connectivity index (χ1n) is 10.1. The minimum atomic E-state index is -1.24. The zero-order valence-corrected chi connectivity index (χ0v) is 16.7. The van der Waals surface area contributed by atoms with E-state index in [1.165, 1.54) is 6.20 Å². The lowest BCUT2D eigenvalue weighted by molar-refractivity contribution is -0.158. The lowest BCUT2D eigenvalue weighted by atomic mass is 9.73. The number of carboxylic acids is 1. The highest BCUT2D eigenvalue weighted by Gasteiger charge is 2.49. The first kappa shape index (κ1) is 20.5. The van der Waals surface area contributed by atoms with E-state index in [1.54, 1.807) is 11.1 Å². The number of nitrogens with zero attached hydrogens (tertiary/aromatic N) is 4. The Labute approximate surface area is 165 Å². The van der Waals surface area contributed by atoms with Gasteiger partial charge in [0, 0.05) is 26.2 Å². The second kappa shape index (κ2) is 8.43. The Morgan fingerprint density at radius 2 is 1.96 bits per heavy atom. The van der Waals surface area contributed by atoms with E-state index < -0.39 is 17.5 Å². The van der Waals surface area contributed by atoms with E-state index in [0.717, 1.165) is 32.4 Å². The quantitative estimate of drug-likeness (QED) is 0.762. The molecule has 8 nitrogen and oxygen atoms in total. The molecule has 8 heteroatoms. The number of likely N-dealkylation sites (tertiary alicyclic amines) is 1. The van der Waals surface area contributed by atoms with Gasteiger partial charge >= 0.3 is 5.97 Å². The Balaban J connectivity index is 1.82. The number of hydrogen-bond acceptors (Lipinski definition) is 6. The first-order chi connectivity index (χ1) is 13.3. The number of hydrogen-bond donors (Lipinski definition) is 2. The number of piperidine rings is 1. The molecule has 3 heterocycles. The fourth-order valence-corrected chi connectivity index (χ4v) is 4.08. The number of aromatic nitrogens is 2. The van der Waals surface area contributed by atoms with E-state index in [2.05, 4.69) is 9.97 Å². The molecule has 2 fully saturated rings. The van der Waals surface area contributed by atoms with E-state index in [-0.39, 0.29) is 18.1 Å². The molecule has 1 amide bonds. The maximum Gasteiger partial charge on any atom is 0.314 e. The van der Waals surface area contributed by atoms with Gasteiger partial charge in [-0.15, -0.1) is 0 Å². The predicted molar refractivity (Wildman–Crippen MR) is 104 cm³/mol. The van der Waals surface area contributed by atoms with Crippen LogP contribution in [0.3, 0.4) is 0 Å². The third-order valence-electron chi connectivity index (χ3n) is 5.94. The van der Waals surface area contributed by atoms with E-state index >= 15 is 0 Å². The second-order valence-electron chi connectivity index (χ2n) is 8.38. The molecule has 2 aliphatic rings. The van der Waals surface area contributed by atoms with Gasteiger partial charge in [-0.25, -0.2) is 4.98 Å². The minimum absolute atomic E-state index is 0.131. The van der Waals surface area contributed by atoms with E-state index in [9.17, 15) is 19.8 Å². The number of carbonyl (C=O) groups excluding carboxylic acids is 1. The third kappa shape index (κ3) is 4.11. The zero-order chi connectivity index (χ0) is 20.3. The average molecular weight is 390 g/mol. The molecular weight excluding hydrogens is 360 g/mol. The molecule has 2 saturated heterocycles. The SMILES string of the molecule is CC(C)CC[C@@]1(C(=O)O)CN(c2cncc(C(=O)N3CCCC3)n2)CC[C@H]1O. The molecule has 2 atom stereocenters. The average Bonchev–Trinajstić information content (AvgIpc) is 3.21. The smallest absolute Gasteiger partial charge is 0.314 e. The second-order valence-corrected chi connectivity index (χ2v) is 8.38. The third-order valence-corrected chi connectivity index (χ3v) is 5.94. The standard InChI is InChI=1S/C20H30N4O4/c1-14(2)5-7-20(19(27)28)13-24(10-6-16(20)25)17-12-21-11-15(22-17)18(26)23-8-3-4-9-23/h11-12,14,16,25H,3-10,13H2,1-2H3,(H,27,28)/t16-,20-/m1/s1. The van der Waals surface area contributed by atoms with Crippen LogP contribution in [0.4, 0.5) is 5.82 Å². The summed E-state index contributed by atoms with van der Waals surface area (Å²) in [5.74, 6) is -0.275. The molecule has 3 rings (SSSR count). The van der Waals surface area contributed by atoms with Gasteiger partial charge in [0.15, 0.2) is 0 Å². The molecule has 2 aliphatic heterocycles. The summed E-state index contributed by atoms with van der Waals surface area (Å²) in [7, 11) is 0. The summed E-state index contributed by atoms with van der Waals surface area (Å²) in [6, 6.07) is 0. The van der Waals surface area contributed by atoms with Crippen molar-refractivity contribution in [2.75, 3.05) is 31.1 Å². The van der Waals surface area contributed by atoms with Crippen LogP contribution in [-0.2, 0) is 4.79 Å². The van der Waals surface area contributed by atoms with Gasteiger partial charge in [0.25, 0.3) is 5.91 Å². The van der Waals surface area contributed by atoms with Crippen molar-refractivity contribution >= 4 is 17.7 Å². The summed E-state index contributed by atoms with van der Waals surface area (Å²) >= 11 is 0. The molecule has 0 aromatic carbocycles. The van der Waals surface area contributed by atoms with Crippen LogP contribution in [0.25, 0.3) is 0 Å². The normalized spacial score (nSPS) is 25.4. The molecule has 1 aromatic heterocycles. The zero-order valence-electron chi connectivity index (χ0n) is 16.7. The van der Waals surface area contributed by atoms with E-state index in [4.69, 9.17) is 0 Å².